The van der Waals surface area contributed by atoms with E-state index in [1.165, 1.54) is 12.1 Å². The first-order chi connectivity index (χ1) is 18.5. The number of anilines is 1. The van der Waals surface area contributed by atoms with Crippen LogP contribution in [0.25, 0.3) is 11.1 Å². The van der Waals surface area contributed by atoms with Gasteiger partial charge in [0.1, 0.15) is 11.6 Å². The van der Waals surface area contributed by atoms with Crippen LogP contribution in [0.2, 0.25) is 5.02 Å². The van der Waals surface area contributed by atoms with E-state index in [4.69, 9.17) is 16.3 Å². The van der Waals surface area contributed by atoms with Gasteiger partial charge in [-0.3, -0.25) is 4.79 Å². The van der Waals surface area contributed by atoms with Gasteiger partial charge in [-0.25, -0.2) is 4.98 Å². The minimum absolute atomic E-state index is 0.385. The van der Waals surface area contributed by atoms with Gasteiger partial charge >= 0.3 is 6.18 Å². The van der Waals surface area contributed by atoms with Crippen LogP contribution in [-0.4, -0.2) is 23.4 Å². The number of rotatable bonds is 10. The summed E-state index contributed by atoms with van der Waals surface area (Å²) in [6.45, 7) is 4.34. The van der Waals surface area contributed by atoms with Gasteiger partial charge in [-0.1, -0.05) is 48.0 Å². The number of halogens is 4. The van der Waals surface area contributed by atoms with Crippen molar-refractivity contribution in [3.05, 3.63) is 113 Å². The van der Waals surface area contributed by atoms with E-state index in [1.54, 1.807) is 26.1 Å². The van der Waals surface area contributed by atoms with Crippen molar-refractivity contribution in [1.82, 2.24) is 4.98 Å². The highest BCUT2D eigenvalue weighted by molar-refractivity contribution is 6.30. The van der Waals surface area contributed by atoms with E-state index in [0.717, 1.165) is 40.7 Å². The van der Waals surface area contributed by atoms with Crippen LogP contribution in [0.1, 0.15) is 30.5 Å². The number of benzene rings is 3. The van der Waals surface area contributed by atoms with Gasteiger partial charge in [-0.2, -0.15) is 13.2 Å². The van der Waals surface area contributed by atoms with Crippen LogP contribution in [0.5, 0.6) is 5.75 Å². The topological polar surface area (TPSA) is 42.4 Å². The number of ether oxygens (including phenoxy) is 1. The average molecular weight is 553 g/mol. The Morgan fingerprint density at radius 3 is 2.18 bits per heavy atom. The monoisotopic (exact) mass is 552 g/mol. The molecule has 4 nitrogen and oxygen atoms in total. The maximum atomic E-state index is 13.0. The van der Waals surface area contributed by atoms with Crippen molar-refractivity contribution in [3.8, 4) is 16.9 Å². The SMILES string of the molecule is CC(C)(C=O)Oc1ccc(CCN(Cc2ccc(C(F)(F)F)cc2)c2ccc(-c3cccc(Cl)c3)cn2)cc1. The van der Waals surface area contributed by atoms with Crippen LogP contribution in [0.15, 0.2) is 91.1 Å². The fraction of sp³-hybridized carbons (Fsp3) is 0.226. The van der Waals surface area contributed by atoms with Crippen molar-refractivity contribution in [2.24, 2.45) is 0 Å². The number of hydrogen-bond donors (Lipinski definition) is 0. The van der Waals surface area contributed by atoms with Gasteiger partial charge < -0.3 is 9.64 Å². The number of aldehydes is 1. The van der Waals surface area contributed by atoms with E-state index in [-0.39, 0.29) is 0 Å². The molecule has 0 saturated carbocycles. The molecule has 0 fully saturated rings. The molecule has 4 aromatic rings. The molecule has 0 amide bonds. The van der Waals surface area contributed by atoms with Crippen LogP contribution in [0, 0.1) is 0 Å². The third kappa shape index (κ3) is 7.83. The van der Waals surface area contributed by atoms with Crippen molar-refractivity contribution in [1.29, 1.82) is 0 Å². The second kappa shape index (κ2) is 11.9. The first kappa shape index (κ1) is 28.2. The average Bonchev–Trinajstić information content (AvgIpc) is 2.91. The molecule has 39 heavy (non-hydrogen) atoms. The Labute approximate surface area is 231 Å². The Kier molecular flexibility index (Phi) is 8.60. The molecule has 8 heteroatoms. The number of carbonyl (C=O) groups excluding carboxylic acids is 1. The lowest BCUT2D eigenvalue weighted by Gasteiger charge is -2.25. The molecule has 0 aliphatic heterocycles. The first-order valence-corrected chi connectivity index (χ1v) is 12.8. The van der Waals surface area contributed by atoms with Crippen LogP contribution in [-0.2, 0) is 23.9 Å². The van der Waals surface area contributed by atoms with Gasteiger partial charge in [-0.05, 0) is 85.5 Å². The highest BCUT2D eigenvalue weighted by atomic mass is 35.5. The normalized spacial score (nSPS) is 11.7. The minimum Gasteiger partial charge on any atom is -0.480 e. The Hall–Kier alpha value is -3.84. The Balaban J connectivity index is 1.53. The van der Waals surface area contributed by atoms with E-state index >= 15 is 0 Å². The molecule has 202 valence electrons. The summed E-state index contributed by atoms with van der Waals surface area (Å²) in [5.41, 5.74) is 2.04. The maximum Gasteiger partial charge on any atom is 0.416 e. The zero-order chi connectivity index (χ0) is 28.0. The van der Waals surface area contributed by atoms with Gasteiger partial charge in [0.15, 0.2) is 11.9 Å². The number of nitrogens with zero attached hydrogens (tertiary/aromatic N) is 2. The Morgan fingerprint density at radius 1 is 0.897 bits per heavy atom. The molecule has 1 aromatic heterocycles. The molecule has 4 rings (SSSR count). The number of carbonyl (C=O) groups is 1. The molecular formula is C31H28ClF3N2O2. The lowest BCUT2D eigenvalue weighted by molar-refractivity contribution is -0.137. The highest BCUT2D eigenvalue weighted by Crippen LogP contribution is 2.30. The van der Waals surface area contributed by atoms with Crippen LogP contribution in [0.3, 0.4) is 0 Å². The van der Waals surface area contributed by atoms with Crippen molar-refractivity contribution in [2.45, 2.75) is 38.6 Å². The van der Waals surface area contributed by atoms with Gasteiger partial charge in [0.25, 0.3) is 0 Å². The highest BCUT2D eigenvalue weighted by Gasteiger charge is 2.30. The van der Waals surface area contributed by atoms with Crippen molar-refractivity contribution < 1.29 is 22.7 Å². The van der Waals surface area contributed by atoms with E-state index in [1.807, 2.05) is 59.5 Å². The molecular weight excluding hydrogens is 525 g/mol. The summed E-state index contributed by atoms with van der Waals surface area (Å²) >= 11 is 6.13. The molecule has 0 aliphatic rings. The fourth-order valence-electron chi connectivity index (χ4n) is 4.02. The third-order valence-electron chi connectivity index (χ3n) is 6.14. The van der Waals surface area contributed by atoms with E-state index < -0.39 is 17.3 Å². The van der Waals surface area contributed by atoms with Gasteiger partial charge in [0.05, 0.1) is 5.56 Å². The lowest BCUT2D eigenvalue weighted by atomic mass is 10.1. The first-order valence-electron chi connectivity index (χ1n) is 12.4. The van der Waals surface area contributed by atoms with E-state index in [2.05, 4.69) is 4.98 Å². The molecule has 0 saturated heterocycles. The largest absolute Gasteiger partial charge is 0.480 e. The number of aromatic nitrogens is 1. The minimum atomic E-state index is -4.38. The van der Waals surface area contributed by atoms with Crippen molar-refractivity contribution in [3.63, 3.8) is 0 Å². The van der Waals surface area contributed by atoms with Gasteiger partial charge in [0.2, 0.25) is 0 Å². The number of pyridine rings is 1. The summed E-state index contributed by atoms with van der Waals surface area (Å²) in [6.07, 6.45) is -1.20. The summed E-state index contributed by atoms with van der Waals surface area (Å²) in [5, 5.41) is 0.631. The van der Waals surface area contributed by atoms with E-state index in [0.29, 0.717) is 36.1 Å². The molecule has 0 N–H and O–H groups in total. The van der Waals surface area contributed by atoms with Gasteiger partial charge in [-0.15, -0.1) is 0 Å². The van der Waals surface area contributed by atoms with E-state index in [9.17, 15) is 18.0 Å². The number of alkyl halides is 3. The Bertz CT molecular complexity index is 1390. The number of hydrogen-bond acceptors (Lipinski definition) is 4. The van der Waals surface area contributed by atoms with Crippen LogP contribution in [0.4, 0.5) is 19.0 Å². The summed E-state index contributed by atoms with van der Waals surface area (Å²) in [5.74, 6) is 1.30. The van der Waals surface area contributed by atoms with Crippen LogP contribution >= 0.6 is 11.6 Å². The van der Waals surface area contributed by atoms with Crippen molar-refractivity contribution >= 4 is 23.7 Å². The van der Waals surface area contributed by atoms with Gasteiger partial charge in [0, 0.05) is 29.9 Å². The fourth-order valence-corrected chi connectivity index (χ4v) is 4.21. The molecule has 3 aromatic carbocycles. The lowest BCUT2D eigenvalue weighted by Crippen LogP contribution is -2.29. The maximum absolute atomic E-state index is 13.0. The van der Waals surface area contributed by atoms with Crippen molar-refractivity contribution in [2.75, 3.05) is 11.4 Å². The summed E-state index contributed by atoms with van der Waals surface area (Å²) in [4.78, 5) is 17.8. The third-order valence-corrected chi connectivity index (χ3v) is 6.38. The summed E-state index contributed by atoms with van der Waals surface area (Å²) in [7, 11) is 0. The second-order valence-electron chi connectivity index (χ2n) is 9.75. The summed E-state index contributed by atoms with van der Waals surface area (Å²) < 4.78 is 44.8. The summed E-state index contributed by atoms with van der Waals surface area (Å²) in [6, 6.07) is 24.0. The molecule has 0 atom stereocenters. The zero-order valence-electron chi connectivity index (χ0n) is 21.6. The Morgan fingerprint density at radius 2 is 1.59 bits per heavy atom. The smallest absolute Gasteiger partial charge is 0.416 e. The molecule has 0 unspecified atom stereocenters. The predicted molar refractivity (Wildman–Crippen MR) is 148 cm³/mol. The standard InChI is InChI=1S/C31H28ClF3N2O2/c1-30(2,21-38)39-28-13-8-22(9-14-28)16-17-37(20-23-6-11-26(12-7-23)31(33,34)35)29-15-10-25(19-36-29)24-4-3-5-27(32)18-24/h3-15,18-19,21H,16-17,20H2,1-2H3. The zero-order valence-corrected chi connectivity index (χ0v) is 22.3. The second-order valence-corrected chi connectivity index (χ2v) is 10.2. The molecule has 0 aliphatic carbocycles. The molecule has 0 spiro atoms. The molecule has 0 bridgehead atoms. The van der Waals surface area contributed by atoms with Crippen LogP contribution < -0.4 is 9.64 Å². The quantitative estimate of drug-likeness (QED) is 0.187. The molecule has 1 heterocycles. The molecule has 0 radical (unpaired) electrons. The predicted octanol–water partition coefficient (Wildman–Crippen LogP) is 8.03.